The van der Waals surface area contributed by atoms with Crippen molar-refractivity contribution in [3.8, 4) is 5.75 Å². The molecule has 4 rings (SSSR count). The average molecular weight is 412 g/mol. The van der Waals surface area contributed by atoms with Gasteiger partial charge in [-0.3, -0.25) is 4.79 Å². The van der Waals surface area contributed by atoms with Gasteiger partial charge in [0.15, 0.2) is 24.1 Å². The first-order valence-electron chi connectivity index (χ1n) is 9.92. The number of hydrogen-bond acceptors (Lipinski definition) is 4. The van der Waals surface area contributed by atoms with E-state index in [1.165, 1.54) is 24.3 Å². The zero-order valence-electron chi connectivity index (χ0n) is 16.4. The van der Waals surface area contributed by atoms with Crippen molar-refractivity contribution in [3.63, 3.8) is 0 Å². The molecule has 0 unspecified atom stereocenters. The van der Waals surface area contributed by atoms with E-state index in [1.807, 2.05) is 6.07 Å². The van der Waals surface area contributed by atoms with Crippen LogP contribution in [-0.4, -0.2) is 35.5 Å². The molecule has 0 aliphatic carbocycles. The van der Waals surface area contributed by atoms with Crippen molar-refractivity contribution in [2.45, 2.75) is 25.2 Å². The third-order valence-corrected chi connectivity index (χ3v) is 5.15. The summed E-state index contributed by atoms with van der Waals surface area (Å²) in [5, 5.41) is 0. The summed E-state index contributed by atoms with van der Waals surface area (Å²) in [5.41, 5.74) is 0.809. The summed E-state index contributed by atoms with van der Waals surface area (Å²) in [6.45, 7) is 0.871. The number of hydrogen-bond donors (Lipinski definition) is 0. The summed E-state index contributed by atoms with van der Waals surface area (Å²) in [6.07, 6.45) is 3.79. The maximum atomic E-state index is 13.7. The maximum Gasteiger partial charge on any atom is 0.260 e. The van der Waals surface area contributed by atoms with Crippen LogP contribution in [0, 0.1) is 11.6 Å². The minimum atomic E-state index is -0.493. The van der Waals surface area contributed by atoms with Gasteiger partial charge >= 0.3 is 0 Å². The van der Waals surface area contributed by atoms with Gasteiger partial charge in [-0.05, 0) is 42.7 Å². The molecule has 0 bridgehead atoms. The van der Waals surface area contributed by atoms with Gasteiger partial charge in [-0.1, -0.05) is 24.3 Å². The number of piperidine rings is 1. The van der Waals surface area contributed by atoms with Crippen molar-refractivity contribution in [2.75, 3.05) is 19.7 Å². The van der Waals surface area contributed by atoms with Crippen LogP contribution in [0.2, 0.25) is 0 Å². The molecule has 30 heavy (non-hydrogen) atoms. The van der Waals surface area contributed by atoms with Gasteiger partial charge < -0.3 is 14.1 Å². The van der Waals surface area contributed by atoms with Crippen LogP contribution in [0.15, 0.2) is 59.1 Å². The molecule has 1 aliphatic rings. The summed E-state index contributed by atoms with van der Waals surface area (Å²) >= 11 is 0. The SMILES string of the molecule is O=C(COc1ccccc1F)N1CCC[C@H](c2ncc(Cc3cccc(F)c3)o2)C1. The first-order chi connectivity index (χ1) is 14.6. The molecular weight excluding hydrogens is 390 g/mol. The molecule has 1 aliphatic heterocycles. The highest BCUT2D eigenvalue weighted by molar-refractivity contribution is 5.78. The first-order valence-corrected chi connectivity index (χ1v) is 9.92. The van der Waals surface area contributed by atoms with Crippen LogP contribution in [0.1, 0.15) is 36.0 Å². The molecule has 0 radical (unpaired) electrons. The lowest BCUT2D eigenvalue weighted by molar-refractivity contribution is -0.134. The zero-order valence-corrected chi connectivity index (χ0v) is 16.4. The lowest BCUT2D eigenvalue weighted by atomic mass is 9.98. The highest BCUT2D eigenvalue weighted by Crippen LogP contribution is 2.27. The van der Waals surface area contributed by atoms with E-state index in [9.17, 15) is 13.6 Å². The second kappa shape index (κ2) is 9.07. The van der Waals surface area contributed by atoms with E-state index in [0.29, 0.717) is 31.2 Å². The normalized spacial score (nSPS) is 16.5. The molecule has 0 saturated carbocycles. The van der Waals surface area contributed by atoms with Gasteiger partial charge in [0.05, 0.1) is 12.1 Å². The van der Waals surface area contributed by atoms with E-state index in [2.05, 4.69) is 4.98 Å². The highest BCUT2D eigenvalue weighted by Gasteiger charge is 2.28. The average Bonchev–Trinajstić information content (AvgIpc) is 3.21. The quantitative estimate of drug-likeness (QED) is 0.605. The van der Waals surface area contributed by atoms with Crippen LogP contribution < -0.4 is 4.74 Å². The van der Waals surface area contributed by atoms with E-state index >= 15 is 0 Å². The summed E-state index contributed by atoms with van der Waals surface area (Å²) in [6, 6.07) is 12.4. The van der Waals surface area contributed by atoms with Gasteiger partial charge in [-0.2, -0.15) is 0 Å². The molecule has 0 N–H and O–H groups in total. The van der Waals surface area contributed by atoms with Gasteiger partial charge in [0.1, 0.15) is 11.6 Å². The van der Waals surface area contributed by atoms with Gasteiger partial charge in [0, 0.05) is 19.5 Å². The number of para-hydroxylation sites is 1. The van der Waals surface area contributed by atoms with Crippen LogP contribution in [0.5, 0.6) is 5.75 Å². The van der Waals surface area contributed by atoms with Crippen molar-refractivity contribution in [1.29, 1.82) is 0 Å². The molecular formula is C23H22F2N2O3. The number of aromatic nitrogens is 1. The molecule has 2 aromatic carbocycles. The van der Waals surface area contributed by atoms with Gasteiger partial charge in [-0.25, -0.2) is 13.8 Å². The number of halogens is 2. The molecule has 3 aromatic rings. The predicted octanol–water partition coefficient (Wildman–Crippen LogP) is 4.33. The predicted molar refractivity (Wildman–Crippen MR) is 106 cm³/mol. The number of ether oxygens (including phenoxy) is 1. The Morgan fingerprint density at radius 2 is 2.07 bits per heavy atom. The lowest BCUT2D eigenvalue weighted by Gasteiger charge is -2.31. The Balaban J connectivity index is 1.35. The van der Waals surface area contributed by atoms with E-state index in [0.717, 1.165) is 18.4 Å². The first kappa shape index (κ1) is 20.1. The molecule has 1 atom stereocenters. The Morgan fingerprint density at radius 3 is 2.90 bits per heavy atom. The second-order valence-corrected chi connectivity index (χ2v) is 7.37. The van der Waals surface area contributed by atoms with Crippen molar-refractivity contribution in [2.24, 2.45) is 0 Å². The molecule has 156 valence electrons. The number of oxazole rings is 1. The standard InChI is InChI=1S/C23H22F2N2O3/c24-18-7-3-5-16(11-18)12-19-13-26-23(30-19)17-6-4-10-27(14-17)22(28)15-29-21-9-2-1-8-20(21)25/h1-3,5,7-9,11,13,17H,4,6,10,12,14-15H2/t17-/m0/s1. The number of rotatable bonds is 6. The van der Waals surface area contributed by atoms with Crippen molar-refractivity contribution in [1.82, 2.24) is 9.88 Å². The topological polar surface area (TPSA) is 55.6 Å². The Bertz CT molecular complexity index is 1020. The molecule has 1 fully saturated rings. The molecule has 2 heterocycles. The Labute approximate surface area is 173 Å². The van der Waals surface area contributed by atoms with Crippen molar-refractivity contribution >= 4 is 5.91 Å². The number of amides is 1. The van der Waals surface area contributed by atoms with Crippen molar-refractivity contribution < 1.29 is 22.7 Å². The third-order valence-electron chi connectivity index (χ3n) is 5.15. The Hall–Kier alpha value is -3.22. The molecule has 0 spiro atoms. The smallest absolute Gasteiger partial charge is 0.260 e. The lowest BCUT2D eigenvalue weighted by Crippen LogP contribution is -2.41. The van der Waals surface area contributed by atoms with E-state index in [-0.39, 0.29) is 30.0 Å². The second-order valence-electron chi connectivity index (χ2n) is 7.37. The third kappa shape index (κ3) is 4.84. The van der Waals surface area contributed by atoms with E-state index in [4.69, 9.17) is 9.15 Å². The fraction of sp³-hybridized carbons (Fsp3) is 0.304. The fourth-order valence-corrected chi connectivity index (χ4v) is 3.64. The minimum Gasteiger partial charge on any atom is -0.481 e. The number of benzene rings is 2. The van der Waals surface area contributed by atoms with Crippen LogP contribution in [0.3, 0.4) is 0 Å². The van der Waals surface area contributed by atoms with Crippen molar-refractivity contribution in [3.05, 3.63) is 83.6 Å². The van der Waals surface area contributed by atoms with Gasteiger partial charge in [0.2, 0.25) is 0 Å². The highest BCUT2D eigenvalue weighted by atomic mass is 19.1. The summed E-state index contributed by atoms with van der Waals surface area (Å²) < 4.78 is 38.2. The Kier molecular flexibility index (Phi) is 6.07. The van der Waals surface area contributed by atoms with Crippen LogP contribution in [-0.2, 0) is 11.2 Å². The molecule has 5 nitrogen and oxygen atoms in total. The molecule has 7 heteroatoms. The van der Waals surface area contributed by atoms with Crippen LogP contribution in [0.4, 0.5) is 8.78 Å². The minimum absolute atomic E-state index is 0.0163. The largest absolute Gasteiger partial charge is 0.481 e. The number of likely N-dealkylation sites (tertiary alicyclic amines) is 1. The van der Waals surface area contributed by atoms with Gasteiger partial charge in [0.25, 0.3) is 5.91 Å². The molecule has 1 aromatic heterocycles. The summed E-state index contributed by atoms with van der Waals surface area (Å²) in [7, 11) is 0. The monoisotopic (exact) mass is 412 g/mol. The van der Waals surface area contributed by atoms with Crippen LogP contribution >= 0.6 is 0 Å². The van der Waals surface area contributed by atoms with E-state index in [1.54, 1.807) is 29.3 Å². The number of carbonyl (C=O) groups is 1. The fourth-order valence-electron chi connectivity index (χ4n) is 3.64. The Morgan fingerprint density at radius 1 is 1.20 bits per heavy atom. The molecule has 1 amide bonds. The number of carbonyl (C=O) groups excluding carboxylic acids is 1. The van der Waals surface area contributed by atoms with E-state index < -0.39 is 5.82 Å². The van der Waals surface area contributed by atoms with Crippen LogP contribution in [0.25, 0.3) is 0 Å². The summed E-state index contributed by atoms with van der Waals surface area (Å²) in [4.78, 5) is 18.6. The zero-order chi connectivity index (χ0) is 20.9. The van der Waals surface area contributed by atoms with Gasteiger partial charge in [-0.15, -0.1) is 0 Å². The maximum absolute atomic E-state index is 13.7. The number of nitrogens with zero attached hydrogens (tertiary/aromatic N) is 2. The summed E-state index contributed by atoms with van der Waals surface area (Å²) in [5.74, 6) is 0.301. The molecule has 1 saturated heterocycles.